The summed E-state index contributed by atoms with van der Waals surface area (Å²) in [5.74, 6) is 2.51. The largest absolute Gasteiger partial charge is 0.496 e. The molecule has 1 atom stereocenters. The van der Waals surface area contributed by atoms with Crippen molar-refractivity contribution < 1.29 is 9.47 Å². The van der Waals surface area contributed by atoms with E-state index in [1.165, 1.54) is 18.4 Å². The third kappa shape index (κ3) is 4.34. The van der Waals surface area contributed by atoms with Crippen LogP contribution in [0.3, 0.4) is 0 Å². The predicted octanol–water partition coefficient (Wildman–Crippen LogP) is 2.90. The van der Waals surface area contributed by atoms with Crippen LogP contribution in [0.4, 0.5) is 0 Å². The Labute approximate surface area is 135 Å². The summed E-state index contributed by atoms with van der Waals surface area (Å²) in [6.45, 7) is 4.30. The first kappa shape index (κ1) is 16.6. The van der Waals surface area contributed by atoms with Crippen LogP contribution in [0.25, 0.3) is 0 Å². The number of rotatable bonds is 6. The minimum absolute atomic E-state index is 0.743. The summed E-state index contributed by atoms with van der Waals surface area (Å²) >= 11 is 3.51. The van der Waals surface area contributed by atoms with E-state index in [4.69, 9.17) is 9.47 Å². The molecule has 1 aromatic carbocycles. The first-order valence-electron chi connectivity index (χ1n) is 7.45. The van der Waals surface area contributed by atoms with E-state index in [-0.39, 0.29) is 0 Å². The summed E-state index contributed by atoms with van der Waals surface area (Å²) in [6, 6.07) is 4.06. The van der Waals surface area contributed by atoms with Crippen LogP contribution < -0.4 is 14.8 Å². The molecular formula is C16H25BrN2O2. The lowest BCUT2D eigenvalue weighted by atomic mass is 9.97. The maximum atomic E-state index is 5.52. The van der Waals surface area contributed by atoms with Crippen molar-refractivity contribution in [3.05, 3.63) is 22.2 Å². The van der Waals surface area contributed by atoms with Crippen molar-refractivity contribution in [1.29, 1.82) is 0 Å². The molecule has 1 fully saturated rings. The zero-order chi connectivity index (χ0) is 15.2. The van der Waals surface area contributed by atoms with E-state index in [0.29, 0.717) is 0 Å². The molecule has 0 radical (unpaired) electrons. The number of benzene rings is 1. The molecule has 0 saturated carbocycles. The number of ether oxygens (including phenoxy) is 2. The van der Waals surface area contributed by atoms with Crippen LogP contribution in [-0.2, 0) is 6.54 Å². The highest BCUT2D eigenvalue weighted by Crippen LogP contribution is 2.34. The van der Waals surface area contributed by atoms with E-state index in [1.807, 2.05) is 13.1 Å². The van der Waals surface area contributed by atoms with E-state index in [9.17, 15) is 0 Å². The molecule has 1 saturated heterocycles. The van der Waals surface area contributed by atoms with E-state index in [1.54, 1.807) is 14.2 Å². The lowest BCUT2D eigenvalue weighted by Crippen LogP contribution is -2.38. The number of methoxy groups -OCH3 is 2. The van der Waals surface area contributed by atoms with Gasteiger partial charge in [0.15, 0.2) is 0 Å². The van der Waals surface area contributed by atoms with Gasteiger partial charge in [0, 0.05) is 18.7 Å². The quantitative estimate of drug-likeness (QED) is 0.849. The van der Waals surface area contributed by atoms with E-state index in [0.717, 1.165) is 48.1 Å². The molecule has 0 amide bonds. The van der Waals surface area contributed by atoms with Crippen LogP contribution in [0.1, 0.15) is 18.4 Å². The summed E-state index contributed by atoms with van der Waals surface area (Å²) in [5.41, 5.74) is 1.18. The van der Waals surface area contributed by atoms with Crippen molar-refractivity contribution in [3.63, 3.8) is 0 Å². The Balaban J connectivity index is 2.10. The number of nitrogens with one attached hydrogen (secondary N) is 1. The number of hydrogen-bond acceptors (Lipinski definition) is 4. The lowest BCUT2D eigenvalue weighted by molar-refractivity contribution is 0.165. The smallest absolute Gasteiger partial charge is 0.133 e. The van der Waals surface area contributed by atoms with Crippen LogP contribution in [0, 0.1) is 5.92 Å². The number of piperidine rings is 1. The first-order valence-corrected chi connectivity index (χ1v) is 8.24. The van der Waals surface area contributed by atoms with E-state index in [2.05, 4.69) is 32.2 Å². The van der Waals surface area contributed by atoms with Crippen LogP contribution >= 0.6 is 15.9 Å². The second-order valence-electron chi connectivity index (χ2n) is 5.60. The van der Waals surface area contributed by atoms with E-state index < -0.39 is 0 Å². The maximum absolute atomic E-state index is 5.52. The van der Waals surface area contributed by atoms with Gasteiger partial charge in [0.25, 0.3) is 0 Å². The molecule has 1 heterocycles. The topological polar surface area (TPSA) is 33.7 Å². The fraction of sp³-hybridized carbons (Fsp3) is 0.625. The average molecular weight is 357 g/mol. The summed E-state index contributed by atoms with van der Waals surface area (Å²) in [7, 11) is 5.44. The number of halogens is 1. The van der Waals surface area contributed by atoms with Crippen molar-refractivity contribution in [1.82, 2.24) is 10.2 Å². The predicted molar refractivity (Wildman–Crippen MR) is 89.2 cm³/mol. The highest BCUT2D eigenvalue weighted by Gasteiger charge is 2.21. The summed E-state index contributed by atoms with van der Waals surface area (Å²) in [4.78, 5) is 2.51. The molecule has 0 aromatic heterocycles. The van der Waals surface area contributed by atoms with E-state index >= 15 is 0 Å². The van der Waals surface area contributed by atoms with Gasteiger partial charge >= 0.3 is 0 Å². The van der Waals surface area contributed by atoms with Gasteiger partial charge in [-0.25, -0.2) is 0 Å². The van der Waals surface area contributed by atoms with Crippen molar-refractivity contribution >= 4 is 15.9 Å². The molecule has 0 spiro atoms. The standard InChI is InChI=1S/C16H25BrN2O2/c1-18-9-12-5-4-6-19(10-12)11-13-7-16(21-3)14(17)8-15(13)20-2/h7-8,12,18H,4-6,9-11H2,1-3H3. The van der Waals surface area contributed by atoms with Crippen LogP contribution in [0.5, 0.6) is 11.5 Å². The Bertz CT molecular complexity index is 466. The monoisotopic (exact) mass is 356 g/mol. The first-order chi connectivity index (χ1) is 10.2. The minimum Gasteiger partial charge on any atom is -0.496 e. The second-order valence-corrected chi connectivity index (χ2v) is 6.45. The van der Waals surface area contributed by atoms with Gasteiger partial charge in [-0.1, -0.05) is 0 Å². The van der Waals surface area contributed by atoms with Gasteiger partial charge in [-0.05, 0) is 67.0 Å². The Hall–Kier alpha value is -0.780. The van der Waals surface area contributed by atoms with Gasteiger partial charge in [0.2, 0.25) is 0 Å². The zero-order valence-electron chi connectivity index (χ0n) is 13.1. The van der Waals surface area contributed by atoms with Crippen LogP contribution in [0.15, 0.2) is 16.6 Å². The van der Waals surface area contributed by atoms with Crippen molar-refractivity contribution in [3.8, 4) is 11.5 Å². The van der Waals surface area contributed by atoms with Gasteiger partial charge in [-0.2, -0.15) is 0 Å². The molecule has 118 valence electrons. The molecular weight excluding hydrogens is 332 g/mol. The van der Waals surface area contributed by atoms with Crippen molar-refractivity contribution in [2.75, 3.05) is 40.9 Å². The molecule has 1 N–H and O–H groups in total. The molecule has 5 heteroatoms. The zero-order valence-corrected chi connectivity index (χ0v) is 14.7. The summed E-state index contributed by atoms with van der Waals surface area (Å²) in [6.07, 6.45) is 2.58. The molecule has 1 unspecified atom stereocenters. The molecule has 4 nitrogen and oxygen atoms in total. The third-order valence-electron chi connectivity index (χ3n) is 4.04. The highest BCUT2D eigenvalue weighted by molar-refractivity contribution is 9.10. The lowest BCUT2D eigenvalue weighted by Gasteiger charge is -2.33. The Morgan fingerprint density at radius 1 is 1.29 bits per heavy atom. The molecule has 1 aliphatic heterocycles. The fourth-order valence-corrected chi connectivity index (χ4v) is 3.52. The normalized spacial score (nSPS) is 19.5. The third-order valence-corrected chi connectivity index (χ3v) is 4.66. The van der Waals surface area contributed by atoms with Crippen molar-refractivity contribution in [2.45, 2.75) is 19.4 Å². The molecule has 0 aliphatic carbocycles. The Morgan fingerprint density at radius 3 is 2.71 bits per heavy atom. The minimum atomic E-state index is 0.743. The highest BCUT2D eigenvalue weighted by atomic mass is 79.9. The summed E-state index contributed by atoms with van der Waals surface area (Å²) in [5, 5.41) is 3.29. The van der Waals surface area contributed by atoms with Crippen LogP contribution in [0.2, 0.25) is 0 Å². The molecule has 21 heavy (non-hydrogen) atoms. The van der Waals surface area contributed by atoms with Gasteiger partial charge in [0.1, 0.15) is 11.5 Å². The SMILES string of the molecule is CNCC1CCCN(Cc2cc(OC)c(Br)cc2OC)C1. The van der Waals surface area contributed by atoms with Gasteiger partial charge in [-0.15, -0.1) is 0 Å². The van der Waals surface area contributed by atoms with Crippen LogP contribution in [-0.4, -0.2) is 45.8 Å². The fourth-order valence-electron chi connectivity index (χ4n) is 3.04. The summed E-state index contributed by atoms with van der Waals surface area (Å²) < 4.78 is 11.8. The molecule has 1 aliphatic rings. The molecule has 2 rings (SSSR count). The van der Waals surface area contributed by atoms with Gasteiger partial charge < -0.3 is 14.8 Å². The number of likely N-dealkylation sites (tertiary alicyclic amines) is 1. The Kier molecular flexibility index (Phi) is 6.33. The maximum Gasteiger partial charge on any atom is 0.133 e. The van der Waals surface area contributed by atoms with Gasteiger partial charge in [-0.3, -0.25) is 4.90 Å². The Morgan fingerprint density at radius 2 is 2.05 bits per heavy atom. The average Bonchev–Trinajstić information content (AvgIpc) is 2.49. The number of hydrogen-bond donors (Lipinski definition) is 1. The second kappa shape index (κ2) is 8.01. The number of nitrogens with zero attached hydrogens (tertiary/aromatic N) is 1. The van der Waals surface area contributed by atoms with Crippen molar-refractivity contribution in [2.24, 2.45) is 5.92 Å². The molecule has 0 bridgehead atoms. The van der Waals surface area contributed by atoms with Gasteiger partial charge in [0.05, 0.1) is 18.7 Å². The molecule has 1 aromatic rings.